The zero-order valence-electron chi connectivity index (χ0n) is 11.5. The van der Waals surface area contributed by atoms with Crippen molar-refractivity contribution in [1.82, 2.24) is 4.90 Å². The number of carboxylic acid groups (broad SMARTS) is 1. The Morgan fingerprint density at radius 2 is 2.06 bits per heavy atom. The summed E-state index contributed by atoms with van der Waals surface area (Å²) in [6.07, 6.45) is 6.25. The Kier molecular flexibility index (Phi) is 6.16. The monoisotopic (exact) mass is 255 g/mol. The molecule has 0 spiro atoms. The Balaban J connectivity index is 2.68. The fourth-order valence-electron chi connectivity index (χ4n) is 2.64. The van der Waals surface area contributed by atoms with Gasteiger partial charge in [-0.2, -0.15) is 0 Å². The minimum absolute atomic E-state index is 0.00454. The number of unbranched alkanes of at least 4 members (excludes halogenated alkanes) is 1. The van der Waals surface area contributed by atoms with Crippen LogP contribution in [-0.2, 0) is 9.59 Å². The SMILES string of the molecule is CCCCC(CC)C(=O)N1CCCC[C@H]1C(=O)O. The first-order chi connectivity index (χ1) is 8.61. The number of aliphatic carboxylic acids is 1. The molecule has 0 aliphatic carbocycles. The first-order valence-corrected chi connectivity index (χ1v) is 7.15. The number of rotatable bonds is 6. The molecule has 18 heavy (non-hydrogen) atoms. The molecule has 0 aromatic carbocycles. The maximum Gasteiger partial charge on any atom is 0.326 e. The second-order valence-corrected chi connectivity index (χ2v) is 5.13. The smallest absolute Gasteiger partial charge is 0.326 e. The van der Waals surface area contributed by atoms with Crippen molar-refractivity contribution < 1.29 is 14.7 Å². The summed E-state index contributed by atoms with van der Waals surface area (Å²) in [4.78, 5) is 25.2. The van der Waals surface area contributed by atoms with Gasteiger partial charge in [0.1, 0.15) is 6.04 Å². The van der Waals surface area contributed by atoms with Crippen LogP contribution in [0, 0.1) is 5.92 Å². The Bertz CT molecular complexity index is 291. The van der Waals surface area contributed by atoms with Crippen LogP contribution in [-0.4, -0.2) is 34.5 Å². The summed E-state index contributed by atoms with van der Waals surface area (Å²) in [6.45, 7) is 4.73. The largest absolute Gasteiger partial charge is 0.480 e. The van der Waals surface area contributed by atoms with Gasteiger partial charge in [0.15, 0.2) is 0 Å². The molecule has 1 heterocycles. The zero-order chi connectivity index (χ0) is 13.5. The highest BCUT2D eigenvalue weighted by Gasteiger charge is 2.34. The molecule has 0 aromatic rings. The van der Waals surface area contributed by atoms with E-state index in [9.17, 15) is 14.7 Å². The lowest BCUT2D eigenvalue weighted by molar-refractivity contribution is -0.154. The molecular weight excluding hydrogens is 230 g/mol. The van der Waals surface area contributed by atoms with Crippen LogP contribution in [0.5, 0.6) is 0 Å². The third kappa shape index (κ3) is 3.72. The van der Waals surface area contributed by atoms with Crippen molar-refractivity contribution in [2.24, 2.45) is 5.92 Å². The molecule has 104 valence electrons. The summed E-state index contributed by atoms with van der Waals surface area (Å²) in [7, 11) is 0. The van der Waals surface area contributed by atoms with Crippen LogP contribution in [0.2, 0.25) is 0 Å². The van der Waals surface area contributed by atoms with E-state index in [0.29, 0.717) is 13.0 Å². The maximum atomic E-state index is 12.4. The molecule has 1 aliphatic rings. The summed E-state index contributed by atoms with van der Waals surface area (Å²) in [5.74, 6) is -0.795. The van der Waals surface area contributed by atoms with Crippen molar-refractivity contribution in [2.75, 3.05) is 6.54 Å². The maximum absolute atomic E-state index is 12.4. The fourth-order valence-corrected chi connectivity index (χ4v) is 2.64. The minimum atomic E-state index is -0.853. The lowest BCUT2D eigenvalue weighted by Gasteiger charge is -2.35. The van der Waals surface area contributed by atoms with Gasteiger partial charge in [-0.15, -0.1) is 0 Å². The van der Waals surface area contributed by atoms with Gasteiger partial charge in [0.25, 0.3) is 0 Å². The second kappa shape index (κ2) is 7.39. The molecule has 1 aliphatic heterocycles. The minimum Gasteiger partial charge on any atom is -0.480 e. The van der Waals surface area contributed by atoms with Gasteiger partial charge in [0, 0.05) is 12.5 Å². The van der Waals surface area contributed by atoms with Crippen LogP contribution in [0.15, 0.2) is 0 Å². The van der Waals surface area contributed by atoms with Gasteiger partial charge < -0.3 is 10.0 Å². The predicted octanol–water partition coefficient (Wildman–Crippen LogP) is 2.67. The van der Waals surface area contributed by atoms with Crippen molar-refractivity contribution in [3.05, 3.63) is 0 Å². The number of nitrogens with zero attached hydrogens (tertiary/aromatic N) is 1. The predicted molar refractivity (Wildman–Crippen MR) is 70.3 cm³/mol. The molecule has 1 unspecified atom stereocenters. The van der Waals surface area contributed by atoms with Crippen LogP contribution in [0.1, 0.15) is 58.8 Å². The Morgan fingerprint density at radius 3 is 2.61 bits per heavy atom. The van der Waals surface area contributed by atoms with Crippen LogP contribution in [0.3, 0.4) is 0 Å². The van der Waals surface area contributed by atoms with Crippen molar-refractivity contribution >= 4 is 11.9 Å². The van der Waals surface area contributed by atoms with E-state index in [1.54, 1.807) is 4.90 Å². The quantitative estimate of drug-likeness (QED) is 0.793. The van der Waals surface area contributed by atoms with Crippen molar-refractivity contribution in [2.45, 2.75) is 64.8 Å². The van der Waals surface area contributed by atoms with E-state index in [-0.39, 0.29) is 11.8 Å². The number of carbonyl (C=O) groups excluding carboxylic acids is 1. The lowest BCUT2D eigenvalue weighted by Crippen LogP contribution is -2.50. The first-order valence-electron chi connectivity index (χ1n) is 7.15. The number of hydrogen-bond donors (Lipinski definition) is 1. The van der Waals surface area contributed by atoms with E-state index < -0.39 is 12.0 Å². The highest BCUT2D eigenvalue weighted by molar-refractivity contribution is 5.85. The van der Waals surface area contributed by atoms with Crippen molar-refractivity contribution in [3.8, 4) is 0 Å². The number of hydrogen-bond acceptors (Lipinski definition) is 2. The average Bonchev–Trinajstić information content (AvgIpc) is 2.39. The molecule has 1 N–H and O–H groups in total. The van der Waals surface area contributed by atoms with Gasteiger partial charge in [-0.1, -0.05) is 26.7 Å². The van der Waals surface area contributed by atoms with Crippen molar-refractivity contribution in [1.29, 1.82) is 0 Å². The number of piperidine rings is 1. The molecule has 2 atom stereocenters. The van der Waals surface area contributed by atoms with Gasteiger partial charge in [0.2, 0.25) is 5.91 Å². The summed E-state index contributed by atoms with van der Waals surface area (Å²) in [6, 6.07) is -0.595. The zero-order valence-corrected chi connectivity index (χ0v) is 11.5. The number of carbonyl (C=O) groups is 2. The fraction of sp³-hybridized carbons (Fsp3) is 0.857. The van der Waals surface area contributed by atoms with E-state index >= 15 is 0 Å². The molecule has 1 fully saturated rings. The van der Waals surface area contributed by atoms with Gasteiger partial charge in [0.05, 0.1) is 0 Å². The van der Waals surface area contributed by atoms with E-state index in [1.807, 2.05) is 6.92 Å². The van der Waals surface area contributed by atoms with E-state index in [1.165, 1.54) is 0 Å². The topological polar surface area (TPSA) is 57.6 Å². The Morgan fingerprint density at radius 1 is 1.33 bits per heavy atom. The molecule has 4 nitrogen and oxygen atoms in total. The summed E-state index contributed by atoms with van der Waals surface area (Å²) < 4.78 is 0. The third-order valence-electron chi connectivity index (χ3n) is 3.82. The summed E-state index contributed by atoms with van der Waals surface area (Å²) in [5, 5.41) is 9.19. The van der Waals surface area contributed by atoms with Gasteiger partial charge in [-0.05, 0) is 32.1 Å². The van der Waals surface area contributed by atoms with Crippen LogP contribution < -0.4 is 0 Å². The Labute approximate surface area is 109 Å². The molecule has 0 aromatic heterocycles. The molecule has 4 heteroatoms. The molecule has 1 amide bonds. The second-order valence-electron chi connectivity index (χ2n) is 5.13. The molecule has 0 radical (unpaired) electrons. The van der Waals surface area contributed by atoms with E-state index in [2.05, 4.69) is 6.92 Å². The Hall–Kier alpha value is -1.06. The van der Waals surface area contributed by atoms with Gasteiger partial charge in [-0.3, -0.25) is 4.79 Å². The third-order valence-corrected chi connectivity index (χ3v) is 3.82. The number of likely N-dealkylation sites (tertiary alicyclic amines) is 1. The standard InChI is InChI=1S/C14H25NO3/c1-3-5-8-11(4-2)13(16)15-10-7-6-9-12(15)14(17)18/h11-12H,3-10H2,1-2H3,(H,17,18)/t11?,12-/m0/s1. The van der Waals surface area contributed by atoms with Gasteiger partial charge in [-0.25, -0.2) is 4.79 Å². The first kappa shape index (κ1) is 15.0. The average molecular weight is 255 g/mol. The summed E-state index contributed by atoms with van der Waals surface area (Å²) in [5.41, 5.74) is 0. The van der Waals surface area contributed by atoms with E-state index in [4.69, 9.17) is 0 Å². The molecule has 1 rings (SSSR count). The number of amides is 1. The van der Waals surface area contributed by atoms with E-state index in [0.717, 1.165) is 38.5 Å². The normalized spacial score (nSPS) is 21.7. The van der Waals surface area contributed by atoms with Crippen LogP contribution in [0.4, 0.5) is 0 Å². The molecule has 1 saturated heterocycles. The number of carboxylic acids is 1. The highest BCUT2D eigenvalue weighted by Crippen LogP contribution is 2.23. The lowest BCUT2D eigenvalue weighted by atomic mass is 9.94. The highest BCUT2D eigenvalue weighted by atomic mass is 16.4. The van der Waals surface area contributed by atoms with Crippen molar-refractivity contribution in [3.63, 3.8) is 0 Å². The summed E-state index contributed by atoms with van der Waals surface area (Å²) >= 11 is 0. The molecule has 0 saturated carbocycles. The van der Waals surface area contributed by atoms with Crippen LogP contribution >= 0.6 is 0 Å². The van der Waals surface area contributed by atoms with Gasteiger partial charge >= 0.3 is 5.97 Å². The molecular formula is C14H25NO3. The molecule has 0 bridgehead atoms. The van der Waals surface area contributed by atoms with Crippen LogP contribution in [0.25, 0.3) is 0 Å².